The van der Waals surface area contributed by atoms with Gasteiger partial charge in [0.15, 0.2) is 17.4 Å². The largest absolute Gasteiger partial charge is 0.369 e. The van der Waals surface area contributed by atoms with Gasteiger partial charge < -0.3 is 19.9 Å². The van der Waals surface area contributed by atoms with Gasteiger partial charge in [-0.3, -0.25) is 14.6 Å². The number of ether oxygens (including phenoxy) is 1. The number of aromatic amines is 1. The van der Waals surface area contributed by atoms with Crippen molar-refractivity contribution in [1.82, 2.24) is 24.4 Å². The molecule has 0 spiro atoms. The molecule has 2 fully saturated rings. The summed E-state index contributed by atoms with van der Waals surface area (Å²) in [7, 11) is 0. The van der Waals surface area contributed by atoms with Crippen LogP contribution in [0.15, 0.2) is 41.5 Å². The number of nitrogens with two attached hydrogens (primary N) is 1. The van der Waals surface area contributed by atoms with Gasteiger partial charge in [-0.25, -0.2) is 4.98 Å². The summed E-state index contributed by atoms with van der Waals surface area (Å²) in [5, 5.41) is 0. The molecule has 9 heteroatoms. The Bertz CT molecular complexity index is 1060. The zero-order valence-corrected chi connectivity index (χ0v) is 13.7. The van der Waals surface area contributed by atoms with Gasteiger partial charge in [0.25, 0.3) is 5.56 Å². The van der Waals surface area contributed by atoms with Gasteiger partial charge in [0, 0.05) is 5.56 Å². The van der Waals surface area contributed by atoms with Crippen LogP contribution in [0.3, 0.4) is 0 Å². The van der Waals surface area contributed by atoms with E-state index in [4.69, 9.17) is 10.5 Å². The number of benzene rings is 1. The van der Waals surface area contributed by atoms with E-state index in [9.17, 15) is 9.59 Å². The fraction of sp³-hybridized carbons (Fsp3) is 0.294. The topological polar surface area (TPSA) is 119 Å². The van der Waals surface area contributed by atoms with Gasteiger partial charge in [-0.2, -0.15) is 4.98 Å². The van der Waals surface area contributed by atoms with E-state index < -0.39 is 17.8 Å². The van der Waals surface area contributed by atoms with Gasteiger partial charge in [0.2, 0.25) is 11.9 Å². The molecule has 1 aromatic carbocycles. The van der Waals surface area contributed by atoms with Crippen LogP contribution in [0.4, 0.5) is 5.95 Å². The van der Waals surface area contributed by atoms with Crippen LogP contribution in [0.1, 0.15) is 24.3 Å². The lowest BCUT2D eigenvalue weighted by Crippen LogP contribution is -2.32. The minimum absolute atomic E-state index is 0.000640. The number of nitrogens with one attached hydrogen (secondary N) is 1. The SMILES string of the molecule is Nc1nc2c(ncn2[C@H]2C[C@H]3CO[C@H](c4ccccc4)N3C2=O)c(=O)[nH]1. The molecule has 132 valence electrons. The second-order valence-electron chi connectivity index (χ2n) is 6.52. The van der Waals surface area contributed by atoms with Gasteiger partial charge >= 0.3 is 0 Å². The number of imidazole rings is 1. The lowest BCUT2D eigenvalue weighted by atomic mass is 10.2. The number of hydrogen-bond acceptors (Lipinski definition) is 6. The van der Waals surface area contributed by atoms with Crippen molar-refractivity contribution >= 4 is 23.0 Å². The Hall–Kier alpha value is -3.20. The van der Waals surface area contributed by atoms with Gasteiger partial charge in [-0.1, -0.05) is 30.3 Å². The molecule has 0 saturated carbocycles. The lowest BCUT2D eigenvalue weighted by molar-refractivity contribution is -0.136. The summed E-state index contributed by atoms with van der Waals surface area (Å²) in [4.78, 5) is 37.6. The van der Waals surface area contributed by atoms with Crippen LogP contribution >= 0.6 is 0 Å². The highest BCUT2D eigenvalue weighted by molar-refractivity contribution is 5.85. The zero-order valence-electron chi connectivity index (χ0n) is 13.7. The molecule has 0 unspecified atom stereocenters. The smallest absolute Gasteiger partial charge is 0.280 e. The van der Waals surface area contributed by atoms with E-state index in [0.29, 0.717) is 18.7 Å². The van der Waals surface area contributed by atoms with Crippen molar-refractivity contribution in [3.8, 4) is 0 Å². The van der Waals surface area contributed by atoms with Crippen LogP contribution in [0.5, 0.6) is 0 Å². The van der Waals surface area contributed by atoms with Crippen molar-refractivity contribution in [3.05, 3.63) is 52.6 Å². The molecule has 2 aliphatic heterocycles. The van der Waals surface area contributed by atoms with Crippen molar-refractivity contribution in [3.63, 3.8) is 0 Å². The molecule has 0 bridgehead atoms. The molecular formula is C17H16N6O3. The maximum absolute atomic E-state index is 13.1. The number of H-pyrrole nitrogens is 1. The van der Waals surface area contributed by atoms with E-state index >= 15 is 0 Å². The Balaban J connectivity index is 1.54. The lowest BCUT2D eigenvalue weighted by Gasteiger charge is -2.23. The van der Waals surface area contributed by atoms with Gasteiger partial charge in [-0.05, 0) is 6.42 Å². The highest BCUT2D eigenvalue weighted by Crippen LogP contribution is 2.41. The molecule has 2 aromatic heterocycles. The fourth-order valence-corrected chi connectivity index (χ4v) is 3.84. The van der Waals surface area contributed by atoms with Gasteiger partial charge in [0.05, 0.1) is 19.0 Å². The number of aromatic nitrogens is 4. The second-order valence-corrected chi connectivity index (χ2v) is 6.52. The van der Waals surface area contributed by atoms with Crippen molar-refractivity contribution in [2.24, 2.45) is 0 Å². The molecule has 3 aromatic rings. The van der Waals surface area contributed by atoms with E-state index in [-0.39, 0.29) is 23.4 Å². The predicted octanol–water partition coefficient (Wildman–Crippen LogP) is 0.573. The average Bonchev–Trinajstić information content (AvgIpc) is 3.31. The number of nitrogens with zero attached hydrogens (tertiary/aromatic N) is 4. The van der Waals surface area contributed by atoms with Gasteiger partial charge in [0.1, 0.15) is 6.04 Å². The molecule has 0 aliphatic carbocycles. The summed E-state index contributed by atoms with van der Waals surface area (Å²) in [6.07, 6.45) is 1.66. The summed E-state index contributed by atoms with van der Waals surface area (Å²) in [5.74, 6) is -0.0676. The Labute approximate surface area is 147 Å². The zero-order chi connectivity index (χ0) is 17.8. The van der Waals surface area contributed by atoms with E-state index in [1.165, 1.54) is 6.33 Å². The molecule has 3 atom stereocenters. The number of hydrogen-bond donors (Lipinski definition) is 2. The molecule has 0 radical (unpaired) electrons. The van der Waals surface area contributed by atoms with Crippen LogP contribution < -0.4 is 11.3 Å². The number of amides is 1. The van der Waals surface area contributed by atoms with Crippen LogP contribution in [0.25, 0.3) is 11.2 Å². The third kappa shape index (κ3) is 2.07. The maximum atomic E-state index is 13.1. The van der Waals surface area contributed by atoms with E-state index in [1.54, 1.807) is 9.47 Å². The number of carbonyl (C=O) groups is 1. The molecule has 5 rings (SSSR count). The summed E-state index contributed by atoms with van der Waals surface area (Å²) in [6.45, 7) is 0.477. The van der Waals surface area contributed by atoms with Gasteiger partial charge in [-0.15, -0.1) is 0 Å². The van der Waals surface area contributed by atoms with Crippen LogP contribution in [-0.2, 0) is 9.53 Å². The Morgan fingerprint density at radius 2 is 2.04 bits per heavy atom. The highest BCUT2D eigenvalue weighted by atomic mass is 16.5. The molecule has 1 amide bonds. The third-order valence-corrected chi connectivity index (χ3v) is 5.00. The molecule has 9 nitrogen and oxygen atoms in total. The van der Waals surface area contributed by atoms with Crippen molar-refractivity contribution in [1.29, 1.82) is 0 Å². The monoisotopic (exact) mass is 352 g/mol. The Kier molecular flexibility index (Phi) is 3.13. The van der Waals surface area contributed by atoms with E-state index in [1.807, 2.05) is 30.3 Å². The minimum Gasteiger partial charge on any atom is -0.369 e. The number of fused-ring (bicyclic) bond motifs is 2. The first-order chi connectivity index (χ1) is 12.6. The quantitative estimate of drug-likeness (QED) is 0.696. The third-order valence-electron chi connectivity index (χ3n) is 5.00. The molecular weight excluding hydrogens is 336 g/mol. The number of carbonyl (C=O) groups excluding carboxylic acids is 1. The molecule has 26 heavy (non-hydrogen) atoms. The average molecular weight is 352 g/mol. The van der Waals surface area contributed by atoms with Crippen molar-refractivity contribution < 1.29 is 9.53 Å². The second kappa shape index (κ2) is 5.40. The molecule has 2 aliphatic rings. The standard InChI is InChI=1S/C17H16N6O3/c18-17-20-13-12(14(24)21-17)19-8-22(13)11-6-10-7-26-16(23(10)15(11)25)9-4-2-1-3-5-9/h1-5,8,10-11,16H,6-7H2,(H3,18,20,21,24)/t10-,11-,16+/m0/s1. The fourth-order valence-electron chi connectivity index (χ4n) is 3.84. The first-order valence-electron chi connectivity index (χ1n) is 8.34. The molecule has 3 N–H and O–H groups in total. The van der Waals surface area contributed by atoms with Crippen molar-refractivity contribution in [2.75, 3.05) is 12.3 Å². The van der Waals surface area contributed by atoms with E-state index in [2.05, 4.69) is 15.0 Å². The van der Waals surface area contributed by atoms with Crippen molar-refractivity contribution in [2.45, 2.75) is 24.7 Å². The maximum Gasteiger partial charge on any atom is 0.280 e. The van der Waals surface area contributed by atoms with Crippen LogP contribution in [-0.4, -0.2) is 43.0 Å². The Morgan fingerprint density at radius 1 is 1.23 bits per heavy atom. The summed E-state index contributed by atoms with van der Waals surface area (Å²) in [6, 6.07) is 9.17. The molecule has 2 saturated heterocycles. The molecule has 4 heterocycles. The number of anilines is 1. The number of rotatable bonds is 2. The normalized spacial score (nSPS) is 25.2. The van der Waals surface area contributed by atoms with Crippen LogP contribution in [0.2, 0.25) is 0 Å². The predicted molar refractivity (Wildman–Crippen MR) is 92.0 cm³/mol. The summed E-state index contributed by atoms with van der Waals surface area (Å²) in [5.41, 5.74) is 6.68. The Morgan fingerprint density at radius 3 is 2.85 bits per heavy atom. The van der Waals surface area contributed by atoms with Crippen LogP contribution in [0, 0.1) is 0 Å². The minimum atomic E-state index is -0.478. The summed E-state index contributed by atoms with van der Waals surface area (Å²) >= 11 is 0. The van der Waals surface area contributed by atoms with E-state index in [0.717, 1.165) is 5.56 Å². The highest BCUT2D eigenvalue weighted by Gasteiger charge is 2.49. The summed E-state index contributed by atoms with van der Waals surface area (Å²) < 4.78 is 7.50. The number of nitrogen functional groups attached to an aromatic ring is 1. The first kappa shape index (κ1) is 15.1. The first-order valence-corrected chi connectivity index (χ1v) is 8.34.